The van der Waals surface area contributed by atoms with Crippen LogP contribution < -0.4 is 0 Å². The van der Waals surface area contributed by atoms with Gasteiger partial charge in [0.15, 0.2) is 0 Å². The first-order chi connectivity index (χ1) is 29.1. The van der Waals surface area contributed by atoms with E-state index >= 15 is 0 Å². The number of carbonyl (C=O) groups is 1. The van der Waals surface area contributed by atoms with Crippen LogP contribution in [0, 0.1) is 0 Å². The van der Waals surface area contributed by atoms with E-state index in [0.29, 0.717) is 37.4 Å². The van der Waals surface area contributed by atoms with Gasteiger partial charge in [-0.15, -0.1) is 11.3 Å². The highest BCUT2D eigenvalue weighted by molar-refractivity contribution is 7.19. The number of thiophene rings is 1. The smallest absolute Gasteiger partial charge is 0.338 e. The van der Waals surface area contributed by atoms with Gasteiger partial charge < -0.3 is 28.4 Å². The third kappa shape index (κ3) is 10.4. The minimum Gasteiger partial charge on any atom is -0.465 e. The Kier molecular flexibility index (Phi) is 13.7. The SMILES string of the molecule is COC(=O)c1ccc(Cc2cc3ccccc3s2)cc1[C@@H]1O[C@H](COCc2ccccc2)[C@@H](OCc2ccccc2)[C@H](OCc2ccccc2)[C@H]1OCc1ccccc1. The van der Waals surface area contributed by atoms with Crippen LogP contribution >= 0.6 is 11.3 Å². The average molecular weight is 805 g/mol. The molecule has 5 atom stereocenters. The predicted molar refractivity (Wildman–Crippen MR) is 231 cm³/mol. The summed E-state index contributed by atoms with van der Waals surface area (Å²) in [5.41, 5.74) is 6.17. The molecular formula is C51H48O7S. The first-order valence-corrected chi connectivity index (χ1v) is 20.9. The summed E-state index contributed by atoms with van der Waals surface area (Å²) in [6.07, 6.45) is -2.68. The van der Waals surface area contributed by atoms with Crippen LogP contribution in [0.1, 0.15) is 54.7 Å². The Bertz CT molecular complexity index is 2340. The quantitative estimate of drug-likeness (QED) is 0.0849. The molecule has 0 radical (unpaired) electrons. The van der Waals surface area contributed by atoms with Crippen LogP contribution in [0.25, 0.3) is 10.1 Å². The van der Waals surface area contributed by atoms with Crippen molar-refractivity contribution < 1.29 is 33.2 Å². The largest absolute Gasteiger partial charge is 0.465 e. The average Bonchev–Trinajstić information content (AvgIpc) is 3.70. The Morgan fingerprint density at radius 2 is 1.08 bits per heavy atom. The van der Waals surface area contributed by atoms with Crippen molar-refractivity contribution in [1.29, 1.82) is 0 Å². The molecule has 1 saturated heterocycles. The van der Waals surface area contributed by atoms with Gasteiger partial charge in [0.1, 0.15) is 30.5 Å². The molecule has 59 heavy (non-hydrogen) atoms. The molecule has 1 aliphatic heterocycles. The minimum absolute atomic E-state index is 0.205. The number of hydrogen-bond donors (Lipinski definition) is 0. The third-order valence-electron chi connectivity index (χ3n) is 10.6. The Morgan fingerprint density at radius 1 is 0.559 bits per heavy atom. The Balaban J connectivity index is 1.21. The van der Waals surface area contributed by atoms with E-state index in [1.807, 2.05) is 133 Å². The molecule has 0 amide bonds. The van der Waals surface area contributed by atoms with Gasteiger partial charge in [0, 0.05) is 16.0 Å². The number of benzene rings is 6. The van der Waals surface area contributed by atoms with Gasteiger partial charge in [-0.05, 0) is 57.0 Å². The molecule has 1 fully saturated rings. The van der Waals surface area contributed by atoms with E-state index in [1.54, 1.807) is 11.3 Å². The molecule has 2 heterocycles. The lowest BCUT2D eigenvalue weighted by atomic mass is 9.87. The van der Waals surface area contributed by atoms with Crippen LogP contribution in [0.15, 0.2) is 170 Å². The molecule has 7 aromatic rings. The lowest BCUT2D eigenvalue weighted by Gasteiger charge is -2.46. The maximum absolute atomic E-state index is 13.7. The lowest BCUT2D eigenvalue weighted by molar-refractivity contribution is -0.275. The second kappa shape index (κ2) is 20.0. The van der Waals surface area contributed by atoms with E-state index in [-0.39, 0.29) is 13.2 Å². The summed E-state index contributed by atoms with van der Waals surface area (Å²) in [6, 6.07) is 56.8. The molecule has 8 heteroatoms. The van der Waals surface area contributed by atoms with Crippen molar-refractivity contribution in [3.8, 4) is 0 Å². The highest BCUT2D eigenvalue weighted by Gasteiger charge is 2.50. The summed E-state index contributed by atoms with van der Waals surface area (Å²) >= 11 is 1.77. The monoisotopic (exact) mass is 804 g/mol. The molecule has 0 saturated carbocycles. The Hall–Kier alpha value is -5.45. The summed E-state index contributed by atoms with van der Waals surface area (Å²) in [6.45, 7) is 1.51. The number of rotatable bonds is 17. The zero-order valence-electron chi connectivity index (χ0n) is 33.1. The molecule has 6 aromatic carbocycles. The van der Waals surface area contributed by atoms with Crippen LogP contribution in [0.2, 0.25) is 0 Å². The second-order valence-corrected chi connectivity index (χ2v) is 15.9. The van der Waals surface area contributed by atoms with Gasteiger partial charge in [0.2, 0.25) is 0 Å². The first-order valence-electron chi connectivity index (χ1n) is 20.0. The van der Waals surface area contributed by atoms with E-state index in [9.17, 15) is 4.79 Å². The zero-order valence-corrected chi connectivity index (χ0v) is 33.9. The van der Waals surface area contributed by atoms with Crippen molar-refractivity contribution in [1.82, 2.24) is 0 Å². The van der Waals surface area contributed by atoms with E-state index in [4.69, 9.17) is 28.4 Å². The molecule has 0 unspecified atom stereocenters. The predicted octanol–water partition coefficient (Wildman–Crippen LogP) is 10.7. The molecule has 1 aromatic heterocycles. The number of fused-ring (bicyclic) bond motifs is 1. The molecule has 8 rings (SSSR count). The normalized spacial score (nSPS) is 19.1. The summed E-state index contributed by atoms with van der Waals surface area (Å²) in [5, 5.41) is 1.21. The second-order valence-electron chi connectivity index (χ2n) is 14.7. The number of esters is 1. The van der Waals surface area contributed by atoms with Gasteiger partial charge in [-0.3, -0.25) is 0 Å². The van der Waals surface area contributed by atoms with Crippen molar-refractivity contribution in [2.45, 2.75) is 63.4 Å². The first kappa shape index (κ1) is 40.3. The molecule has 0 aliphatic carbocycles. The van der Waals surface area contributed by atoms with Crippen LogP contribution in [0.4, 0.5) is 0 Å². The lowest BCUT2D eigenvalue weighted by Crippen LogP contribution is -2.58. The molecule has 0 spiro atoms. The van der Waals surface area contributed by atoms with Gasteiger partial charge in [0.05, 0.1) is 45.7 Å². The number of ether oxygens (including phenoxy) is 6. The van der Waals surface area contributed by atoms with Crippen molar-refractivity contribution in [2.24, 2.45) is 0 Å². The number of carbonyl (C=O) groups excluding carboxylic acids is 1. The Labute approximate surface area is 350 Å². The maximum Gasteiger partial charge on any atom is 0.338 e. The summed E-state index contributed by atoms with van der Waals surface area (Å²) in [7, 11) is 1.40. The highest BCUT2D eigenvalue weighted by atomic mass is 32.1. The van der Waals surface area contributed by atoms with Crippen molar-refractivity contribution in [3.63, 3.8) is 0 Å². The summed E-state index contributed by atoms with van der Waals surface area (Å²) in [4.78, 5) is 14.9. The number of methoxy groups -OCH3 is 1. The fraction of sp³-hybridized carbons (Fsp3) is 0.235. The maximum atomic E-state index is 13.7. The van der Waals surface area contributed by atoms with Gasteiger partial charge in [-0.1, -0.05) is 152 Å². The van der Waals surface area contributed by atoms with Crippen molar-refractivity contribution >= 4 is 27.4 Å². The molecule has 7 nitrogen and oxygen atoms in total. The van der Waals surface area contributed by atoms with Crippen LogP contribution in [-0.2, 0) is 61.3 Å². The van der Waals surface area contributed by atoms with E-state index in [0.717, 1.165) is 27.8 Å². The third-order valence-corrected chi connectivity index (χ3v) is 11.7. The van der Waals surface area contributed by atoms with E-state index < -0.39 is 36.5 Å². The van der Waals surface area contributed by atoms with E-state index in [1.165, 1.54) is 22.1 Å². The highest BCUT2D eigenvalue weighted by Crippen LogP contribution is 2.41. The zero-order chi connectivity index (χ0) is 40.2. The topological polar surface area (TPSA) is 72.5 Å². The van der Waals surface area contributed by atoms with Crippen molar-refractivity contribution in [3.05, 3.63) is 214 Å². The van der Waals surface area contributed by atoms with Gasteiger partial charge in [-0.25, -0.2) is 4.79 Å². The van der Waals surface area contributed by atoms with Crippen LogP contribution in [0.5, 0.6) is 0 Å². The molecule has 300 valence electrons. The molecular weight excluding hydrogens is 757 g/mol. The minimum atomic E-state index is -0.766. The fourth-order valence-electron chi connectivity index (χ4n) is 7.62. The fourth-order valence-corrected chi connectivity index (χ4v) is 8.72. The van der Waals surface area contributed by atoms with E-state index in [2.05, 4.69) is 36.4 Å². The molecule has 0 bridgehead atoms. The van der Waals surface area contributed by atoms with Crippen LogP contribution in [0.3, 0.4) is 0 Å². The standard InChI is InChI=1S/C51H48O7S/c1-53-51(52)43-27-26-40(28-42-30-41-24-14-15-25-46(41)59-42)29-44(43)47-49(56-33-38-20-10-4-11-21-38)50(57-34-39-22-12-5-13-23-39)48(55-32-37-18-8-3-9-19-37)45(58-47)35-54-31-36-16-6-2-7-17-36/h2-27,29-30,45,47-50H,28,31-35H2,1H3/t45-,47+,48-,49+,50+/m1/s1. The van der Waals surface area contributed by atoms with Gasteiger partial charge in [0.25, 0.3) is 0 Å². The summed E-state index contributed by atoms with van der Waals surface area (Å²) < 4.78 is 41.2. The van der Waals surface area contributed by atoms with Gasteiger partial charge >= 0.3 is 5.97 Å². The Morgan fingerprint density at radius 3 is 1.66 bits per heavy atom. The molecule has 0 N–H and O–H groups in total. The summed E-state index contributed by atoms with van der Waals surface area (Å²) in [5.74, 6) is -0.458. The molecule has 1 aliphatic rings. The van der Waals surface area contributed by atoms with Crippen molar-refractivity contribution in [2.75, 3.05) is 13.7 Å². The van der Waals surface area contributed by atoms with Crippen LogP contribution in [-0.4, -0.2) is 44.1 Å². The number of hydrogen-bond acceptors (Lipinski definition) is 8. The van der Waals surface area contributed by atoms with Gasteiger partial charge in [-0.2, -0.15) is 0 Å².